The summed E-state index contributed by atoms with van der Waals surface area (Å²) >= 11 is 13.6. The van der Waals surface area contributed by atoms with Crippen LogP contribution in [0, 0.1) is 11.7 Å². The van der Waals surface area contributed by atoms with Crippen LogP contribution in [0.25, 0.3) is 17.3 Å². The number of hydrogen-bond acceptors (Lipinski definition) is 6. The Morgan fingerprint density at radius 1 is 1.25 bits per heavy atom. The minimum Gasteiger partial charge on any atom is -0.490 e. The van der Waals surface area contributed by atoms with Crippen molar-refractivity contribution in [2.75, 3.05) is 19.0 Å². The van der Waals surface area contributed by atoms with Gasteiger partial charge >= 0.3 is 5.97 Å². The molecule has 7 nitrogen and oxygen atoms in total. The Labute approximate surface area is 221 Å². The fourth-order valence-electron chi connectivity index (χ4n) is 3.11. The Morgan fingerprint density at radius 2 is 1.94 bits per heavy atom. The number of aromatic nitrogens is 1. The first-order valence-corrected chi connectivity index (χ1v) is 12.3. The van der Waals surface area contributed by atoms with E-state index in [9.17, 15) is 9.59 Å². The summed E-state index contributed by atoms with van der Waals surface area (Å²) in [5.74, 6) is -2.30. The van der Waals surface area contributed by atoms with Crippen molar-refractivity contribution in [1.29, 1.82) is 0 Å². The number of aliphatic carboxylic acids is 1. The summed E-state index contributed by atoms with van der Waals surface area (Å²) in [4.78, 5) is 28.3. The number of carbonyl (C=O) groups is 2. The molecule has 0 aliphatic rings. The van der Waals surface area contributed by atoms with E-state index in [4.69, 9.17) is 37.8 Å². The van der Waals surface area contributed by atoms with Crippen LogP contribution < -0.4 is 5.32 Å². The van der Waals surface area contributed by atoms with Gasteiger partial charge in [0, 0.05) is 34.2 Å². The van der Waals surface area contributed by atoms with Crippen molar-refractivity contribution in [3.05, 3.63) is 74.0 Å². The molecule has 1 heterocycles. The highest BCUT2D eigenvalue weighted by Gasteiger charge is 2.18. The summed E-state index contributed by atoms with van der Waals surface area (Å²) < 4.78 is 25.4. The number of nitrogens with zero attached hydrogens (tertiary/aromatic N) is 1. The molecule has 0 fully saturated rings. The lowest BCUT2D eigenvalue weighted by molar-refractivity contribution is -0.135. The number of carbonyl (C=O) groups excluding carboxylic acids is 1. The molecule has 0 aliphatic carbocycles. The van der Waals surface area contributed by atoms with Gasteiger partial charge in [0.1, 0.15) is 5.82 Å². The number of benzene rings is 2. The molecular formula is C25H23Cl2FN2O5S. The van der Waals surface area contributed by atoms with Crippen molar-refractivity contribution < 1.29 is 28.6 Å². The van der Waals surface area contributed by atoms with Gasteiger partial charge in [-0.1, -0.05) is 49.2 Å². The topological polar surface area (TPSA) is 97.8 Å². The smallest absolute Gasteiger partial charge is 0.371 e. The quantitative estimate of drug-likeness (QED) is 0.213. The second-order valence-corrected chi connectivity index (χ2v) is 9.72. The largest absolute Gasteiger partial charge is 0.490 e. The molecule has 36 heavy (non-hydrogen) atoms. The molecule has 0 aliphatic heterocycles. The third-order valence-electron chi connectivity index (χ3n) is 4.84. The Kier molecular flexibility index (Phi) is 9.44. The van der Waals surface area contributed by atoms with Gasteiger partial charge < -0.3 is 14.6 Å². The highest BCUT2D eigenvalue weighted by atomic mass is 35.5. The lowest BCUT2D eigenvalue weighted by Crippen LogP contribution is -2.12. The van der Waals surface area contributed by atoms with Crippen molar-refractivity contribution in [1.82, 2.24) is 4.98 Å². The van der Waals surface area contributed by atoms with E-state index in [2.05, 4.69) is 10.3 Å². The number of amides is 1. The standard InChI is InChI=1S/C25H23Cl2FN2O5S/c1-13(2)10-35-11-14-5-4-6-16(22(14)28)20-12-36-25(29-20)30-23(31)15-7-18(26)17(19(27)8-15)9-21(34-3)24(32)33/h4-9,12-13H,10-11H2,1-3H3,(H,32,33)(H,29,30,31). The molecule has 2 N–H and O–H groups in total. The van der Waals surface area contributed by atoms with Gasteiger partial charge in [0.05, 0.1) is 29.5 Å². The zero-order chi connectivity index (χ0) is 26.4. The van der Waals surface area contributed by atoms with E-state index < -0.39 is 17.7 Å². The van der Waals surface area contributed by atoms with Crippen molar-refractivity contribution >= 4 is 57.6 Å². The minimum absolute atomic E-state index is 0.0573. The van der Waals surface area contributed by atoms with Gasteiger partial charge in [-0.15, -0.1) is 11.3 Å². The molecule has 0 saturated carbocycles. The number of carboxylic acids is 1. The third kappa shape index (κ3) is 6.82. The van der Waals surface area contributed by atoms with Crippen LogP contribution in [0.4, 0.5) is 9.52 Å². The van der Waals surface area contributed by atoms with Crippen LogP contribution in [0.2, 0.25) is 10.0 Å². The highest BCUT2D eigenvalue weighted by Crippen LogP contribution is 2.31. The number of hydrogen-bond donors (Lipinski definition) is 2. The monoisotopic (exact) mass is 552 g/mol. The van der Waals surface area contributed by atoms with Crippen molar-refractivity contribution in [2.24, 2.45) is 5.92 Å². The molecule has 1 aromatic heterocycles. The summed E-state index contributed by atoms with van der Waals surface area (Å²) in [6.07, 6.45) is 1.17. The van der Waals surface area contributed by atoms with Crippen LogP contribution in [0.15, 0.2) is 41.5 Å². The van der Waals surface area contributed by atoms with Gasteiger partial charge in [-0.05, 0) is 30.2 Å². The number of anilines is 1. The van der Waals surface area contributed by atoms with E-state index in [1.807, 2.05) is 13.8 Å². The Balaban J connectivity index is 1.78. The molecule has 0 radical (unpaired) electrons. The first-order chi connectivity index (χ1) is 17.1. The van der Waals surface area contributed by atoms with Gasteiger partial charge in [-0.25, -0.2) is 14.2 Å². The maximum atomic E-state index is 15.0. The molecule has 3 aromatic rings. The first-order valence-electron chi connectivity index (χ1n) is 10.7. The highest BCUT2D eigenvalue weighted by molar-refractivity contribution is 7.14. The second kappa shape index (κ2) is 12.3. The molecule has 1 amide bonds. The zero-order valence-electron chi connectivity index (χ0n) is 19.6. The first kappa shape index (κ1) is 27.6. The predicted octanol–water partition coefficient (Wildman–Crippen LogP) is 6.75. The molecule has 0 atom stereocenters. The van der Waals surface area contributed by atoms with E-state index in [1.54, 1.807) is 23.6 Å². The predicted molar refractivity (Wildman–Crippen MR) is 139 cm³/mol. The normalized spacial score (nSPS) is 11.6. The van der Waals surface area contributed by atoms with Gasteiger partial charge in [0.25, 0.3) is 5.91 Å². The number of ether oxygens (including phenoxy) is 2. The van der Waals surface area contributed by atoms with E-state index in [-0.39, 0.29) is 38.7 Å². The number of nitrogens with one attached hydrogen (secondary N) is 1. The van der Waals surface area contributed by atoms with Crippen molar-refractivity contribution in [3.63, 3.8) is 0 Å². The van der Waals surface area contributed by atoms with Gasteiger partial charge in [-0.2, -0.15) is 0 Å². The second-order valence-electron chi connectivity index (χ2n) is 8.05. The molecule has 11 heteroatoms. The Bertz CT molecular complexity index is 1290. The number of rotatable bonds is 10. The summed E-state index contributed by atoms with van der Waals surface area (Å²) in [5, 5.41) is 13.8. The summed E-state index contributed by atoms with van der Waals surface area (Å²) in [7, 11) is 1.20. The van der Waals surface area contributed by atoms with Crippen LogP contribution in [0.3, 0.4) is 0 Å². The number of methoxy groups -OCH3 is 1. The fraction of sp³-hybridized carbons (Fsp3) is 0.240. The van der Waals surface area contributed by atoms with Crippen LogP contribution in [0.1, 0.15) is 35.3 Å². The van der Waals surface area contributed by atoms with Gasteiger partial charge in [0.2, 0.25) is 5.76 Å². The minimum atomic E-state index is -1.30. The van der Waals surface area contributed by atoms with Crippen molar-refractivity contribution in [2.45, 2.75) is 20.5 Å². The summed E-state index contributed by atoms with van der Waals surface area (Å²) in [6.45, 7) is 4.70. The molecule has 2 aromatic carbocycles. The van der Waals surface area contributed by atoms with E-state index in [0.29, 0.717) is 29.3 Å². The van der Waals surface area contributed by atoms with Crippen LogP contribution in [-0.2, 0) is 20.9 Å². The van der Waals surface area contributed by atoms with E-state index >= 15 is 4.39 Å². The summed E-state index contributed by atoms with van der Waals surface area (Å²) in [5.41, 5.74) is 1.41. The number of halogens is 3. The molecule has 3 rings (SSSR count). The molecule has 0 spiro atoms. The van der Waals surface area contributed by atoms with Crippen LogP contribution in [-0.4, -0.2) is 35.7 Å². The fourth-order valence-corrected chi connectivity index (χ4v) is 4.41. The molecular weight excluding hydrogens is 530 g/mol. The van der Waals surface area contributed by atoms with E-state index in [1.165, 1.54) is 25.3 Å². The average Bonchev–Trinajstić information content (AvgIpc) is 3.27. The SMILES string of the molecule is COC(=Cc1c(Cl)cc(C(=O)Nc2nc(-c3cccc(COCC(C)C)c3F)cs2)cc1Cl)C(=O)O. The van der Waals surface area contributed by atoms with Gasteiger partial charge in [0.15, 0.2) is 5.13 Å². The maximum Gasteiger partial charge on any atom is 0.371 e. The molecule has 0 saturated heterocycles. The maximum absolute atomic E-state index is 15.0. The average molecular weight is 553 g/mol. The Morgan fingerprint density at radius 3 is 2.56 bits per heavy atom. The lowest BCUT2D eigenvalue weighted by Gasteiger charge is -2.09. The summed E-state index contributed by atoms with van der Waals surface area (Å²) in [6, 6.07) is 7.69. The Hall–Kier alpha value is -2.98. The molecule has 0 unspecified atom stereocenters. The van der Waals surface area contributed by atoms with Crippen LogP contribution in [0.5, 0.6) is 0 Å². The van der Waals surface area contributed by atoms with Gasteiger partial charge in [-0.3, -0.25) is 10.1 Å². The van der Waals surface area contributed by atoms with Crippen molar-refractivity contribution in [3.8, 4) is 11.3 Å². The third-order valence-corrected chi connectivity index (χ3v) is 6.22. The lowest BCUT2D eigenvalue weighted by atomic mass is 10.1. The number of thiazole rings is 1. The van der Waals surface area contributed by atoms with E-state index in [0.717, 1.165) is 11.3 Å². The van der Waals surface area contributed by atoms with Crippen LogP contribution >= 0.6 is 34.5 Å². The molecule has 0 bridgehead atoms. The molecule has 190 valence electrons. The number of carboxylic acid groups (broad SMARTS) is 1. The zero-order valence-corrected chi connectivity index (χ0v) is 21.9.